The molecule has 0 aliphatic carbocycles. The summed E-state index contributed by atoms with van der Waals surface area (Å²) >= 11 is 1.52. The smallest absolute Gasteiger partial charge is 0.338 e. The highest BCUT2D eigenvalue weighted by molar-refractivity contribution is 8.16. The number of amidine groups is 1. The van der Waals surface area contributed by atoms with Gasteiger partial charge in [0.1, 0.15) is 0 Å². The molecule has 3 aliphatic heterocycles. The van der Waals surface area contributed by atoms with E-state index in [9.17, 15) is 9.59 Å². The zero-order chi connectivity index (χ0) is 22.1. The second-order valence-corrected chi connectivity index (χ2v) is 9.06. The first kappa shape index (κ1) is 21.7. The van der Waals surface area contributed by atoms with Gasteiger partial charge in [0.05, 0.1) is 30.8 Å². The molecule has 7 heteroatoms. The van der Waals surface area contributed by atoms with Crippen LogP contribution in [0.5, 0.6) is 0 Å². The van der Waals surface area contributed by atoms with Gasteiger partial charge in [0.15, 0.2) is 5.17 Å². The van der Waals surface area contributed by atoms with Crippen LogP contribution in [0.4, 0.5) is 0 Å². The Morgan fingerprint density at radius 1 is 1.23 bits per heavy atom. The molecule has 1 unspecified atom stereocenters. The molecule has 31 heavy (non-hydrogen) atoms. The number of thioether (sulfide) groups is 1. The van der Waals surface area contributed by atoms with Crippen LogP contribution in [0.25, 0.3) is 0 Å². The highest BCUT2D eigenvalue weighted by Crippen LogP contribution is 2.46. The number of hydrogen-bond donors (Lipinski definition) is 0. The molecule has 1 saturated heterocycles. The lowest BCUT2D eigenvalue weighted by Gasteiger charge is -2.37. The average Bonchev–Trinajstić information content (AvgIpc) is 3.44. The number of aryl methyl sites for hydroxylation is 2. The van der Waals surface area contributed by atoms with Crippen LogP contribution in [-0.2, 0) is 14.3 Å². The van der Waals surface area contributed by atoms with E-state index in [1.54, 1.807) is 0 Å². The number of methoxy groups -OCH3 is 1. The molecule has 1 aromatic rings. The summed E-state index contributed by atoms with van der Waals surface area (Å²) < 4.78 is 5.20. The minimum absolute atomic E-state index is 0.134. The van der Waals surface area contributed by atoms with Crippen LogP contribution >= 0.6 is 11.8 Å². The average molecular weight is 440 g/mol. The lowest BCUT2D eigenvalue weighted by Crippen LogP contribution is -2.38. The highest BCUT2D eigenvalue weighted by atomic mass is 32.2. The van der Waals surface area contributed by atoms with Crippen LogP contribution in [0.15, 0.2) is 45.6 Å². The quantitative estimate of drug-likeness (QED) is 0.634. The molecule has 0 radical (unpaired) electrons. The summed E-state index contributed by atoms with van der Waals surface area (Å²) in [6, 6.07) is 5.92. The molecule has 0 spiro atoms. The maximum absolute atomic E-state index is 13.0. The lowest BCUT2D eigenvalue weighted by atomic mass is 9.89. The molecule has 0 saturated carbocycles. The van der Waals surface area contributed by atoms with Crippen molar-refractivity contribution in [1.82, 2.24) is 9.80 Å². The van der Waals surface area contributed by atoms with Gasteiger partial charge in [-0.25, -0.2) is 9.79 Å². The summed E-state index contributed by atoms with van der Waals surface area (Å²) in [6.45, 7) is 7.77. The molecule has 1 aromatic carbocycles. The number of ether oxygens (including phenoxy) is 1. The van der Waals surface area contributed by atoms with E-state index in [1.807, 2.05) is 17.2 Å². The summed E-state index contributed by atoms with van der Waals surface area (Å²) in [6.07, 6.45) is 3.07. The van der Waals surface area contributed by atoms with Crippen LogP contribution in [-0.4, -0.2) is 47.0 Å². The molecule has 164 valence electrons. The van der Waals surface area contributed by atoms with Gasteiger partial charge in [-0.2, -0.15) is 0 Å². The molecule has 6 nitrogen and oxygen atoms in total. The third kappa shape index (κ3) is 4.03. The Labute approximate surface area is 188 Å². The number of carbonyl (C=O) groups excluding carboxylic acids is 2. The largest absolute Gasteiger partial charge is 0.466 e. The van der Waals surface area contributed by atoms with Crippen LogP contribution in [0.2, 0.25) is 0 Å². The summed E-state index contributed by atoms with van der Waals surface area (Å²) in [7, 11) is 1.41. The molecule has 1 atom stereocenters. The number of esters is 1. The van der Waals surface area contributed by atoms with Crippen molar-refractivity contribution < 1.29 is 14.3 Å². The minimum atomic E-state index is -0.368. The van der Waals surface area contributed by atoms with Gasteiger partial charge >= 0.3 is 5.97 Å². The highest BCUT2D eigenvalue weighted by Gasteiger charge is 2.42. The van der Waals surface area contributed by atoms with Gasteiger partial charge in [-0.3, -0.25) is 4.79 Å². The number of aliphatic imine (C=N–C) groups is 1. The Hall–Kier alpha value is -2.54. The standard InChI is InChI=1S/C24H29N3O3S/c1-5-19-21(23(29)30-4)22(18-12-15(2)8-9-16(18)3)27-17(14-31-24(27)25-19)13-20(28)26-10-6-7-11-26/h8-9,12,14,22H,5-7,10-11,13H2,1-4H3. The molecule has 3 heterocycles. The third-order valence-electron chi connectivity index (χ3n) is 6.15. The molecule has 0 N–H and O–H groups in total. The number of allylic oxidation sites excluding steroid dienone is 1. The Morgan fingerprint density at radius 2 is 1.97 bits per heavy atom. The monoisotopic (exact) mass is 439 g/mol. The van der Waals surface area contributed by atoms with Crippen molar-refractivity contribution in [2.45, 2.75) is 52.5 Å². The van der Waals surface area contributed by atoms with Crippen molar-refractivity contribution in [3.63, 3.8) is 0 Å². The van der Waals surface area contributed by atoms with Crippen LogP contribution < -0.4 is 0 Å². The van der Waals surface area contributed by atoms with E-state index < -0.39 is 0 Å². The number of hydrogen-bond acceptors (Lipinski definition) is 6. The third-order valence-corrected chi connectivity index (χ3v) is 7.04. The number of benzene rings is 1. The predicted molar refractivity (Wildman–Crippen MR) is 123 cm³/mol. The van der Waals surface area contributed by atoms with E-state index in [2.05, 4.69) is 36.9 Å². The summed E-state index contributed by atoms with van der Waals surface area (Å²) in [5, 5.41) is 2.83. The molecule has 1 fully saturated rings. The Balaban J connectivity index is 1.79. The lowest BCUT2D eigenvalue weighted by molar-refractivity contribution is -0.136. The van der Waals surface area contributed by atoms with Gasteiger partial charge in [-0.05, 0) is 49.6 Å². The second kappa shape index (κ2) is 8.91. The van der Waals surface area contributed by atoms with Crippen molar-refractivity contribution in [2.24, 2.45) is 4.99 Å². The maximum Gasteiger partial charge on any atom is 0.338 e. The number of rotatable bonds is 5. The minimum Gasteiger partial charge on any atom is -0.466 e. The zero-order valence-corrected chi connectivity index (χ0v) is 19.4. The van der Waals surface area contributed by atoms with Gasteiger partial charge < -0.3 is 14.5 Å². The number of nitrogens with zero attached hydrogens (tertiary/aromatic N) is 3. The van der Waals surface area contributed by atoms with Gasteiger partial charge in [0.25, 0.3) is 0 Å². The fourth-order valence-corrected chi connectivity index (χ4v) is 5.43. The number of amides is 1. The van der Waals surface area contributed by atoms with Crippen molar-refractivity contribution in [2.75, 3.05) is 20.2 Å². The summed E-state index contributed by atoms with van der Waals surface area (Å²) in [5.74, 6) is -0.233. The first-order valence-corrected chi connectivity index (χ1v) is 11.7. The first-order chi connectivity index (χ1) is 14.9. The second-order valence-electron chi connectivity index (χ2n) is 8.22. The predicted octanol–water partition coefficient (Wildman–Crippen LogP) is 4.45. The van der Waals surface area contributed by atoms with Crippen molar-refractivity contribution in [1.29, 1.82) is 0 Å². The molecular weight excluding hydrogens is 410 g/mol. The first-order valence-electron chi connectivity index (χ1n) is 10.8. The molecule has 4 rings (SSSR count). The molecule has 0 aromatic heterocycles. The number of likely N-dealkylation sites (tertiary alicyclic amines) is 1. The topological polar surface area (TPSA) is 62.2 Å². The van der Waals surface area contributed by atoms with E-state index in [-0.39, 0.29) is 17.9 Å². The van der Waals surface area contributed by atoms with Crippen LogP contribution in [0.3, 0.4) is 0 Å². The SMILES string of the molecule is CCC1=C(C(=O)OC)C(c2cc(C)ccc2C)N2C(CC(=O)N3CCCC3)=CSC2=N1. The van der Waals surface area contributed by atoms with Gasteiger partial charge in [-0.1, -0.05) is 42.4 Å². The number of carbonyl (C=O) groups is 2. The van der Waals surface area contributed by atoms with Crippen molar-refractivity contribution >= 4 is 28.8 Å². The Bertz CT molecular complexity index is 1010. The fraction of sp³-hybridized carbons (Fsp3) is 0.458. The van der Waals surface area contributed by atoms with Crippen LogP contribution in [0, 0.1) is 13.8 Å². The van der Waals surface area contributed by atoms with Gasteiger partial charge in [-0.15, -0.1) is 0 Å². The fourth-order valence-electron chi connectivity index (χ4n) is 4.49. The van der Waals surface area contributed by atoms with Crippen LogP contribution in [0.1, 0.15) is 55.3 Å². The normalized spacial score (nSPS) is 20.6. The summed E-state index contributed by atoms with van der Waals surface area (Å²) in [4.78, 5) is 34.7. The Morgan fingerprint density at radius 3 is 2.65 bits per heavy atom. The van der Waals surface area contributed by atoms with E-state index in [4.69, 9.17) is 9.73 Å². The Kier molecular flexibility index (Phi) is 6.23. The maximum atomic E-state index is 13.0. The van der Waals surface area contributed by atoms with E-state index in [0.717, 1.165) is 59.2 Å². The molecular formula is C24H29N3O3S. The molecule has 0 bridgehead atoms. The van der Waals surface area contributed by atoms with E-state index in [1.165, 1.54) is 18.9 Å². The van der Waals surface area contributed by atoms with Gasteiger partial charge in [0, 0.05) is 18.8 Å². The number of fused-ring (bicyclic) bond motifs is 1. The van der Waals surface area contributed by atoms with Gasteiger partial charge in [0.2, 0.25) is 5.91 Å². The molecule has 3 aliphatic rings. The van der Waals surface area contributed by atoms with Crippen molar-refractivity contribution in [3.8, 4) is 0 Å². The zero-order valence-electron chi connectivity index (χ0n) is 18.6. The van der Waals surface area contributed by atoms with Crippen molar-refractivity contribution in [3.05, 3.63) is 57.3 Å². The van der Waals surface area contributed by atoms with E-state index >= 15 is 0 Å². The van der Waals surface area contributed by atoms with E-state index in [0.29, 0.717) is 18.4 Å². The summed E-state index contributed by atoms with van der Waals surface area (Å²) in [5.41, 5.74) is 5.46. The molecule has 1 amide bonds.